The molecule has 1 aliphatic heterocycles. The minimum atomic E-state index is 0.591. The van der Waals surface area contributed by atoms with Crippen molar-refractivity contribution in [2.75, 3.05) is 13.1 Å². The first-order valence-electron chi connectivity index (χ1n) is 14.4. The fraction of sp³-hybridized carbons (Fsp3) is 0.931. The Bertz CT molecular complexity index is 404. The van der Waals surface area contributed by atoms with Crippen molar-refractivity contribution in [1.82, 2.24) is 9.80 Å². The Balaban J connectivity index is 1.92. The molecule has 0 fully saturated rings. The van der Waals surface area contributed by atoms with Gasteiger partial charge in [0.05, 0.1) is 0 Å². The van der Waals surface area contributed by atoms with E-state index in [1.807, 2.05) is 0 Å². The van der Waals surface area contributed by atoms with Crippen molar-refractivity contribution in [2.24, 2.45) is 5.92 Å². The average molecular weight is 435 g/mol. The Kier molecular flexibility index (Phi) is 18.3. The second-order valence-corrected chi connectivity index (χ2v) is 10.4. The Morgan fingerprint density at radius 1 is 0.484 bits per heavy atom. The van der Waals surface area contributed by atoms with E-state index in [-0.39, 0.29) is 0 Å². The molecule has 2 heteroatoms. The monoisotopic (exact) mass is 434 g/mol. The number of nitrogens with zero attached hydrogens (tertiary/aromatic N) is 2. The molecule has 1 rings (SSSR count). The van der Waals surface area contributed by atoms with E-state index < -0.39 is 0 Å². The molecule has 0 amide bonds. The summed E-state index contributed by atoms with van der Waals surface area (Å²) in [5.41, 5.74) is 0. The summed E-state index contributed by atoms with van der Waals surface area (Å²) in [5, 5.41) is 0. The number of rotatable bonds is 22. The Hall–Kier alpha value is -0.660. The quantitative estimate of drug-likeness (QED) is 0.156. The first kappa shape index (κ1) is 28.4. The predicted octanol–water partition coefficient (Wildman–Crippen LogP) is 9.51. The smallest absolute Gasteiger partial charge is 0.103 e. The number of hydrogen-bond donors (Lipinski definition) is 0. The van der Waals surface area contributed by atoms with Gasteiger partial charge in [-0.15, -0.1) is 0 Å². The lowest BCUT2D eigenvalue weighted by Gasteiger charge is -2.36. The molecule has 0 aromatic rings. The molecule has 0 aromatic carbocycles. The van der Waals surface area contributed by atoms with Gasteiger partial charge in [-0.2, -0.15) is 0 Å². The first-order chi connectivity index (χ1) is 15.2. The maximum absolute atomic E-state index is 2.61. The van der Waals surface area contributed by atoms with Gasteiger partial charge in [0.2, 0.25) is 0 Å². The highest BCUT2D eigenvalue weighted by Crippen LogP contribution is 2.24. The van der Waals surface area contributed by atoms with Crippen LogP contribution in [-0.4, -0.2) is 29.1 Å². The van der Waals surface area contributed by atoms with Crippen LogP contribution in [0.3, 0.4) is 0 Å². The molecule has 0 N–H and O–H groups in total. The van der Waals surface area contributed by atoms with Crippen LogP contribution in [0.4, 0.5) is 0 Å². The van der Waals surface area contributed by atoms with E-state index >= 15 is 0 Å². The van der Waals surface area contributed by atoms with Crippen LogP contribution in [0.2, 0.25) is 0 Å². The van der Waals surface area contributed by atoms with Crippen molar-refractivity contribution in [2.45, 2.75) is 156 Å². The molecule has 2 nitrogen and oxygen atoms in total. The van der Waals surface area contributed by atoms with E-state index in [4.69, 9.17) is 0 Å². The largest absolute Gasteiger partial charge is 0.356 e. The van der Waals surface area contributed by atoms with Crippen molar-refractivity contribution in [3.05, 3.63) is 12.4 Å². The Morgan fingerprint density at radius 2 is 0.774 bits per heavy atom. The van der Waals surface area contributed by atoms with Gasteiger partial charge in [-0.05, 0) is 18.8 Å². The van der Waals surface area contributed by atoms with Gasteiger partial charge >= 0.3 is 0 Å². The van der Waals surface area contributed by atoms with Gasteiger partial charge in [-0.3, -0.25) is 0 Å². The molecule has 0 bridgehead atoms. The van der Waals surface area contributed by atoms with E-state index in [1.165, 1.54) is 135 Å². The fourth-order valence-corrected chi connectivity index (χ4v) is 5.10. The van der Waals surface area contributed by atoms with Crippen LogP contribution in [-0.2, 0) is 0 Å². The molecule has 1 atom stereocenters. The fourth-order valence-electron chi connectivity index (χ4n) is 5.10. The highest BCUT2D eigenvalue weighted by Gasteiger charge is 2.27. The summed E-state index contributed by atoms with van der Waals surface area (Å²) in [6.45, 7) is 11.8. The van der Waals surface area contributed by atoms with E-state index in [0.717, 1.165) is 0 Å². The third kappa shape index (κ3) is 14.2. The van der Waals surface area contributed by atoms with Crippen molar-refractivity contribution in [3.63, 3.8) is 0 Å². The lowest BCUT2D eigenvalue weighted by atomic mass is 10.0. The van der Waals surface area contributed by atoms with Crippen molar-refractivity contribution >= 4 is 0 Å². The lowest BCUT2D eigenvalue weighted by Crippen LogP contribution is -2.43. The minimum Gasteiger partial charge on any atom is -0.356 e. The summed E-state index contributed by atoms with van der Waals surface area (Å²) >= 11 is 0. The van der Waals surface area contributed by atoms with Gasteiger partial charge in [0.1, 0.15) is 6.17 Å². The average Bonchev–Trinajstić information content (AvgIpc) is 3.16. The highest BCUT2D eigenvalue weighted by atomic mass is 15.4. The third-order valence-electron chi connectivity index (χ3n) is 7.02. The first-order valence-corrected chi connectivity index (χ1v) is 14.4. The minimum absolute atomic E-state index is 0.591. The topological polar surface area (TPSA) is 6.48 Å². The van der Waals surface area contributed by atoms with Crippen LogP contribution >= 0.6 is 0 Å². The molecular weight excluding hydrogens is 376 g/mol. The molecule has 184 valence electrons. The van der Waals surface area contributed by atoms with E-state index in [9.17, 15) is 0 Å². The maximum atomic E-state index is 2.61. The summed E-state index contributed by atoms with van der Waals surface area (Å²) in [7, 11) is 0. The van der Waals surface area contributed by atoms with E-state index in [1.54, 1.807) is 0 Å². The second kappa shape index (κ2) is 20.0. The maximum Gasteiger partial charge on any atom is 0.103 e. The molecular formula is C29H58N2. The molecule has 0 aromatic heterocycles. The summed E-state index contributed by atoms with van der Waals surface area (Å²) < 4.78 is 0. The molecule has 0 radical (unpaired) electrons. The molecule has 0 saturated carbocycles. The van der Waals surface area contributed by atoms with Crippen LogP contribution in [0, 0.1) is 5.92 Å². The molecule has 1 heterocycles. The Labute approximate surface area is 197 Å². The van der Waals surface area contributed by atoms with Crippen LogP contribution < -0.4 is 0 Å². The SMILES string of the molecule is CCCCCCCCCCCCCCCCCCN1C=CN(CCCCC)C1C(C)C. The van der Waals surface area contributed by atoms with Gasteiger partial charge < -0.3 is 9.80 Å². The standard InChI is InChI=1S/C29H58N2/c1-5-7-9-10-11-12-13-14-15-16-17-18-19-20-21-23-25-31-27-26-30(24-22-8-6-2)29(31)28(3)4/h26-29H,5-25H2,1-4H3. The summed E-state index contributed by atoms with van der Waals surface area (Å²) in [6.07, 6.45) is 32.5. The summed E-state index contributed by atoms with van der Waals surface area (Å²) in [5.74, 6) is 0.692. The van der Waals surface area contributed by atoms with Gasteiger partial charge in [-0.25, -0.2) is 0 Å². The van der Waals surface area contributed by atoms with E-state index in [0.29, 0.717) is 12.1 Å². The Morgan fingerprint density at radius 3 is 1.13 bits per heavy atom. The molecule has 31 heavy (non-hydrogen) atoms. The second-order valence-electron chi connectivity index (χ2n) is 10.4. The van der Waals surface area contributed by atoms with Crippen molar-refractivity contribution in [3.8, 4) is 0 Å². The summed E-state index contributed by atoms with van der Waals surface area (Å²) in [4.78, 5) is 5.20. The number of unbranched alkanes of at least 4 members (excludes halogenated alkanes) is 17. The van der Waals surface area contributed by atoms with Crippen LogP contribution in [0.25, 0.3) is 0 Å². The lowest BCUT2D eigenvalue weighted by molar-refractivity contribution is 0.104. The van der Waals surface area contributed by atoms with Gasteiger partial charge in [0, 0.05) is 25.5 Å². The van der Waals surface area contributed by atoms with Gasteiger partial charge in [0.15, 0.2) is 0 Å². The zero-order chi connectivity index (χ0) is 22.6. The molecule has 0 aliphatic carbocycles. The predicted molar refractivity (Wildman–Crippen MR) is 140 cm³/mol. The van der Waals surface area contributed by atoms with Crippen molar-refractivity contribution < 1.29 is 0 Å². The van der Waals surface area contributed by atoms with Gasteiger partial charge in [0.25, 0.3) is 0 Å². The molecule has 1 aliphatic rings. The normalized spacial score (nSPS) is 16.2. The van der Waals surface area contributed by atoms with Crippen LogP contribution in [0.15, 0.2) is 12.4 Å². The molecule has 0 saturated heterocycles. The van der Waals surface area contributed by atoms with Crippen LogP contribution in [0.5, 0.6) is 0 Å². The van der Waals surface area contributed by atoms with Crippen molar-refractivity contribution in [1.29, 1.82) is 0 Å². The summed E-state index contributed by atoms with van der Waals surface area (Å²) in [6, 6.07) is 0. The zero-order valence-electron chi connectivity index (χ0n) is 22.1. The van der Waals surface area contributed by atoms with Crippen LogP contribution in [0.1, 0.15) is 150 Å². The van der Waals surface area contributed by atoms with E-state index in [2.05, 4.69) is 49.9 Å². The zero-order valence-corrected chi connectivity index (χ0v) is 22.1. The van der Waals surface area contributed by atoms with Gasteiger partial charge in [-0.1, -0.05) is 137 Å². The molecule has 1 unspecified atom stereocenters. The molecule has 0 spiro atoms. The number of hydrogen-bond acceptors (Lipinski definition) is 2. The third-order valence-corrected chi connectivity index (χ3v) is 7.02. The highest BCUT2D eigenvalue weighted by molar-refractivity contribution is 4.98.